The van der Waals surface area contributed by atoms with E-state index in [1.54, 1.807) is 21.3 Å². The maximum absolute atomic E-state index is 5.54. The van der Waals surface area contributed by atoms with Gasteiger partial charge < -0.3 is 19.9 Å². The highest BCUT2D eigenvalue weighted by atomic mass is 28.2. The number of nitrogens with two attached hydrogens (primary N) is 1. The smallest absolute Gasteiger partial charge is 0.248 e. The van der Waals surface area contributed by atoms with Crippen LogP contribution in [0.3, 0.4) is 0 Å². The van der Waals surface area contributed by atoms with Crippen molar-refractivity contribution < 1.29 is 14.2 Å². The van der Waals surface area contributed by atoms with Crippen LogP contribution in [0.1, 0.15) is 13.3 Å². The van der Waals surface area contributed by atoms with Crippen LogP contribution < -0.4 is 5.73 Å². The zero-order chi connectivity index (χ0) is 11.0. The molecule has 0 aromatic heterocycles. The molecule has 1 atom stereocenters. The predicted octanol–water partition coefficient (Wildman–Crippen LogP) is 0.109. The molecule has 4 nitrogen and oxygen atoms in total. The summed E-state index contributed by atoms with van der Waals surface area (Å²) in [5, 5.41) is 0. The minimum Gasteiger partial charge on any atom is -0.335 e. The number of hydrogen-bond acceptors (Lipinski definition) is 4. The molecule has 0 heterocycles. The van der Waals surface area contributed by atoms with Gasteiger partial charge in [0, 0.05) is 21.3 Å². The van der Waals surface area contributed by atoms with Crippen molar-refractivity contribution in [2.75, 3.05) is 27.9 Å². The highest BCUT2D eigenvalue weighted by Crippen LogP contribution is 2.14. The van der Waals surface area contributed by atoms with Crippen LogP contribution in [0, 0.1) is 5.92 Å². The second-order valence-corrected chi connectivity index (χ2v) is 5.60. The van der Waals surface area contributed by atoms with Crippen molar-refractivity contribution in [1.29, 1.82) is 0 Å². The van der Waals surface area contributed by atoms with Gasteiger partial charge in [0.2, 0.25) is 5.60 Å². The van der Waals surface area contributed by atoms with Gasteiger partial charge in [0.25, 0.3) is 0 Å². The van der Waals surface area contributed by atoms with Crippen molar-refractivity contribution in [1.82, 2.24) is 0 Å². The Kier molecular flexibility index (Phi) is 7.39. The predicted molar refractivity (Wildman–Crippen MR) is 59.9 cm³/mol. The van der Waals surface area contributed by atoms with E-state index in [-0.39, 0.29) is 0 Å². The first kappa shape index (κ1) is 14.1. The third kappa shape index (κ3) is 4.52. The Morgan fingerprint density at radius 3 is 2.07 bits per heavy atom. The summed E-state index contributed by atoms with van der Waals surface area (Å²) in [5.41, 5.74) is 4.80. The molecular weight excluding hydrogens is 198 g/mol. The Morgan fingerprint density at radius 2 is 1.71 bits per heavy atom. The number of methoxy groups -OCH3 is 3. The molecule has 0 amide bonds. The molecule has 0 saturated carbocycles. The van der Waals surface area contributed by atoms with E-state index in [0.717, 1.165) is 19.0 Å². The monoisotopic (exact) mass is 221 g/mol. The molecule has 0 fully saturated rings. The number of rotatable bonds is 8. The van der Waals surface area contributed by atoms with E-state index >= 15 is 0 Å². The third-order valence-corrected chi connectivity index (χ3v) is 4.76. The fraction of sp³-hybridized carbons (Fsp3) is 1.00. The van der Waals surface area contributed by atoms with Crippen molar-refractivity contribution in [2.45, 2.75) is 25.0 Å². The molecule has 0 spiro atoms. The fourth-order valence-corrected chi connectivity index (χ4v) is 3.29. The Bertz CT molecular complexity index is 134. The first-order chi connectivity index (χ1) is 6.64. The van der Waals surface area contributed by atoms with Gasteiger partial charge in [-0.2, -0.15) is 0 Å². The van der Waals surface area contributed by atoms with Crippen LogP contribution in [-0.4, -0.2) is 43.0 Å². The van der Waals surface area contributed by atoms with Crippen LogP contribution in [0.5, 0.6) is 0 Å². The van der Waals surface area contributed by atoms with Crippen LogP contribution in [0.15, 0.2) is 0 Å². The van der Waals surface area contributed by atoms with Gasteiger partial charge in [-0.05, 0) is 12.5 Å². The summed E-state index contributed by atoms with van der Waals surface area (Å²) in [7, 11) is 4.30. The summed E-state index contributed by atoms with van der Waals surface area (Å²) < 4.78 is 15.7. The van der Waals surface area contributed by atoms with Crippen LogP contribution in [0.2, 0.25) is 6.04 Å². The standard InChI is InChI=1S/C9H23NO3Si/c1-8(7-10)5-6-14-9(11-2,12-3)13-4/h8H,5-7,10,14H2,1-4H3. The second kappa shape index (κ2) is 7.36. The topological polar surface area (TPSA) is 53.7 Å². The van der Waals surface area contributed by atoms with Gasteiger partial charge in [0.15, 0.2) is 0 Å². The average Bonchev–Trinajstić information content (AvgIpc) is 2.25. The highest BCUT2D eigenvalue weighted by Gasteiger charge is 2.28. The molecule has 0 rings (SSSR count). The van der Waals surface area contributed by atoms with Crippen molar-refractivity contribution in [3.8, 4) is 0 Å². The molecule has 0 aliphatic heterocycles. The lowest BCUT2D eigenvalue weighted by atomic mass is 10.1. The quantitative estimate of drug-likeness (QED) is 0.467. The molecule has 1 unspecified atom stereocenters. The van der Waals surface area contributed by atoms with Gasteiger partial charge >= 0.3 is 0 Å². The summed E-state index contributed by atoms with van der Waals surface area (Å²) in [6, 6.07) is 1.12. The van der Waals surface area contributed by atoms with Crippen molar-refractivity contribution in [3.05, 3.63) is 0 Å². The van der Waals surface area contributed by atoms with Crippen molar-refractivity contribution >= 4 is 9.52 Å². The molecule has 14 heavy (non-hydrogen) atoms. The summed E-state index contributed by atoms with van der Waals surface area (Å²) in [6.45, 7) is 2.90. The summed E-state index contributed by atoms with van der Waals surface area (Å²) in [5.74, 6) is 0.575. The number of ether oxygens (including phenoxy) is 3. The molecule has 0 aliphatic carbocycles. The molecule has 5 heteroatoms. The minimum atomic E-state index is -0.742. The highest BCUT2D eigenvalue weighted by molar-refractivity contribution is 6.38. The molecule has 0 saturated heterocycles. The van der Waals surface area contributed by atoms with Crippen molar-refractivity contribution in [3.63, 3.8) is 0 Å². The van der Waals surface area contributed by atoms with E-state index in [1.807, 2.05) is 0 Å². The molecular formula is C9H23NO3Si. The van der Waals surface area contributed by atoms with Gasteiger partial charge in [-0.15, -0.1) is 0 Å². The Labute approximate surface area is 88.9 Å². The minimum absolute atomic E-state index is 0.556. The van der Waals surface area contributed by atoms with E-state index in [0.29, 0.717) is 5.92 Å². The first-order valence-corrected chi connectivity index (χ1v) is 6.70. The average molecular weight is 221 g/mol. The van der Waals surface area contributed by atoms with Crippen molar-refractivity contribution in [2.24, 2.45) is 11.7 Å². The lowest BCUT2D eigenvalue weighted by Crippen LogP contribution is -2.42. The normalized spacial score (nSPS) is 15.2. The van der Waals surface area contributed by atoms with E-state index in [4.69, 9.17) is 19.9 Å². The van der Waals surface area contributed by atoms with Crippen LogP contribution in [-0.2, 0) is 14.2 Å². The van der Waals surface area contributed by atoms with Gasteiger partial charge in [0.05, 0.1) is 0 Å². The zero-order valence-corrected chi connectivity index (χ0v) is 11.1. The lowest BCUT2D eigenvalue weighted by molar-refractivity contribution is -0.294. The van der Waals surface area contributed by atoms with Gasteiger partial charge in [0.1, 0.15) is 9.52 Å². The van der Waals surface area contributed by atoms with Gasteiger partial charge in [-0.25, -0.2) is 0 Å². The second-order valence-electron chi connectivity index (χ2n) is 3.53. The molecule has 0 bridgehead atoms. The molecule has 0 aliphatic rings. The van der Waals surface area contributed by atoms with Gasteiger partial charge in [-0.1, -0.05) is 19.4 Å². The zero-order valence-electron chi connectivity index (χ0n) is 9.71. The third-order valence-electron chi connectivity index (χ3n) is 2.52. The molecule has 2 N–H and O–H groups in total. The lowest BCUT2D eigenvalue weighted by Gasteiger charge is -2.29. The van der Waals surface area contributed by atoms with Crippen LogP contribution in [0.25, 0.3) is 0 Å². The maximum atomic E-state index is 5.54. The van der Waals surface area contributed by atoms with E-state index in [2.05, 4.69) is 6.92 Å². The molecule has 0 aromatic carbocycles. The van der Waals surface area contributed by atoms with Crippen LogP contribution in [0.4, 0.5) is 0 Å². The Morgan fingerprint density at radius 1 is 1.21 bits per heavy atom. The Balaban J connectivity index is 3.82. The van der Waals surface area contributed by atoms with Gasteiger partial charge in [-0.3, -0.25) is 0 Å². The summed E-state index contributed by atoms with van der Waals surface area (Å²) in [6.07, 6.45) is 1.13. The van der Waals surface area contributed by atoms with E-state index in [9.17, 15) is 0 Å². The first-order valence-electron chi connectivity index (χ1n) is 4.99. The maximum Gasteiger partial charge on any atom is 0.248 e. The van der Waals surface area contributed by atoms with Crippen LogP contribution >= 0.6 is 0 Å². The molecule has 0 aromatic rings. The Hall–Kier alpha value is 0.0569. The summed E-state index contributed by atoms with van der Waals surface area (Å²) in [4.78, 5) is 0. The van der Waals surface area contributed by atoms with E-state index < -0.39 is 15.1 Å². The summed E-state index contributed by atoms with van der Waals surface area (Å²) >= 11 is 0. The fourth-order valence-electron chi connectivity index (χ4n) is 1.34. The number of hydrogen-bond donors (Lipinski definition) is 1. The molecule has 0 radical (unpaired) electrons. The largest absolute Gasteiger partial charge is 0.335 e. The van der Waals surface area contributed by atoms with E-state index in [1.165, 1.54) is 0 Å². The molecule has 86 valence electrons. The SMILES string of the molecule is COC(OC)(OC)[SiH2]CCC(C)CN.